The van der Waals surface area contributed by atoms with Crippen LogP contribution < -0.4 is 5.69 Å². The summed E-state index contributed by atoms with van der Waals surface area (Å²) < 4.78 is 1.49. The quantitative estimate of drug-likeness (QED) is 0.616. The number of hydrogen-bond donors (Lipinski definition) is 1. The molecule has 1 heterocycles. The van der Waals surface area contributed by atoms with Gasteiger partial charge in [0.2, 0.25) is 0 Å². The van der Waals surface area contributed by atoms with Crippen LogP contribution in [0, 0.1) is 11.3 Å². The van der Waals surface area contributed by atoms with E-state index in [1.165, 1.54) is 16.3 Å². The lowest BCUT2D eigenvalue weighted by Gasteiger charge is -2.01. The minimum atomic E-state index is -0.558. The molecular formula is C7H9ClN4OS. The Kier molecular flexibility index (Phi) is 4.04. The van der Waals surface area contributed by atoms with Gasteiger partial charge in [-0.15, -0.1) is 16.7 Å². The summed E-state index contributed by atoms with van der Waals surface area (Å²) in [6, 6.07) is 1.90. The second-order valence-electron chi connectivity index (χ2n) is 2.46. The van der Waals surface area contributed by atoms with Gasteiger partial charge in [0.1, 0.15) is 5.38 Å². The number of aromatic amines is 1. The van der Waals surface area contributed by atoms with Crippen LogP contribution in [-0.4, -0.2) is 25.9 Å². The third-order valence-corrected chi connectivity index (χ3v) is 3.04. The molecule has 0 saturated heterocycles. The molecule has 0 bridgehead atoms. The van der Waals surface area contributed by atoms with E-state index in [9.17, 15) is 4.79 Å². The lowest BCUT2D eigenvalue weighted by Crippen LogP contribution is -2.16. The maximum atomic E-state index is 11.1. The smallest absolute Gasteiger partial charge is 0.270 e. The van der Waals surface area contributed by atoms with Gasteiger partial charge in [0.25, 0.3) is 0 Å². The minimum absolute atomic E-state index is 0.238. The Morgan fingerprint density at radius 3 is 3.14 bits per heavy atom. The summed E-state index contributed by atoms with van der Waals surface area (Å²) in [7, 11) is 0. The van der Waals surface area contributed by atoms with E-state index < -0.39 is 5.38 Å². The molecule has 0 aromatic carbocycles. The lowest BCUT2D eigenvalue weighted by atomic mass is 10.5. The molecule has 5 nitrogen and oxygen atoms in total. The maximum Gasteiger partial charge on any atom is 0.343 e. The monoisotopic (exact) mass is 232 g/mol. The zero-order chi connectivity index (χ0) is 10.6. The van der Waals surface area contributed by atoms with Crippen LogP contribution in [0.3, 0.4) is 0 Å². The highest BCUT2D eigenvalue weighted by Gasteiger charge is 2.09. The van der Waals surface area contributed by atoms with Gasteiger partial charge in [0.05, 0.1) is 6.07 Å². The van der Waals surface area contributed by atoms with Crippen LogP contribution in [-0.2, 0) is 6.54 Å². The van der Waals surface area contributed by atoms with Crippen LogP contribution in [0.25, 0.3) is 0 Å². The van der Waals surface area contributed by atoms with E-state index in [1.54, 1.807) is 0 Å². The highest BCUT2D eigenvalue weighted by Crippen LogP contribution is 2.15. The molecule has 1 aromatic rings. The Hall–Kier alpha value is -0.930. The summed E-state index contributed by atoms with van der Waals surface area (Å²) >= 11 is 6.90. The van der Waals surface area contributed by atoms with Gasteiger partial charge in [0, 0.05) is 12.3 Å². The summed E-state index contributed by atoms with van der Waals surface area (Å²) in [4.78, 5) is 11.1. The number of rotatable bonds is 4. The molecule has 0 saturated carbocycles. The summed E-state index contributed by atoms with van der Waals surface area (Å²) in [6.45, 7) is 2.40. The van der Waals surface area contributed by atoms with Crippen LogP contribution in [0.2, 0.25) is 0 Å². The van der Waals surface area contributed by atoms with Crippen LogP contribution in [0.1, 0.15) is 6.92 Å². The minimum Gasteiger partial charge on any atom is -0.270 e. The number of hydrogen-bond acceptors (Lipinski definition) is 4. The second-order valence-corrected chi connectivity index (χ2v) is 3.98. The zero-order valence-corrected chi connectivity index (χ0v) is 9.10. The first-order chi connectivity index (χ1) is 6.69. The average molecular weight is 233 g/mol. The second kappa shape index (κ2) is 5.08. The van der Waals surface area contributed by atoms with Crippen LogP contribution in [0.15, 0.2) is 9.95 Å². The number of halogens is 1. The van der Waals surface area contributed by atoms with Crippen molar-refractivity contribution in [3.63, 3.8) is 0 Å². The largest absolute Gasteiger partial charge is 0.343 e. The Morgan fingerprint density at radius 2 is 2.57 bits per heavy atom. The van der Waals surface area contributed by atoms with Gasteiger partial charge in [0.15, 0.2) is 5.16 Å². The molecule has 0 aliphatic carbocycles. The van der Waals surface area contributed by atoms with Gasteiger partial charge in [-0.25, -0.2) is 9.89 Å². The van der Waals surface area contributed by atoms with E-state index in [0.29, 0.717) is 17.5 Å². The number of H-pyrrole nitrogens is 1. The average Bonchev–Trinajstić information content (AvgIpc) is 2.55. The fraction of sp³-hybridized carbons (Fsp3) is 0.571. The van der Waals surface area contributed by atoms with Crippen molar-refractivity contribution in [2.45, 2.75) is 24.0 Å². The Bertz CT molecular complexity index is 393. The Labute approximate surface area is 90.1 Å². The van der Waals surface area contributed by atoms with Crippen molar-refractivity contribution < 1.29 is 0 Å². The van der Waals surface area contributed by atoms with Crippen molar-refractivity contribution >= 4 is 23.4 Å². The molecule has 0 radical (unpaired) electrons. The summed E-state index contributed by atoms with van der Waals surface area (Å²) in [5, 5.41) is 14.6. The number of alkyl halides is 1. The summed E-state index contributed by atoms with van der Waals surface area (Å²) in [5.74, 6) is 0.419. The molecule has 0 spiro atoms. The number of aromatic nitrogens is 3. The van der Waals surface area contributed by atoms with E-state index >= 15 is 0 Å². The van der Waals surface area contributed by atoms with Gasteiger partial charge >= 0.3 is 5.69 Å². The number of nitrogens with one attached hydrogen (secondary N) is 1. The third kappa shape index (κ3) is 2.53. The van der Waals surface area contributed by atoms with Crippen molar-refractivity contribution in [1.29, 1.82) is 5.26 Å². The van der Waals surface area contributed by atoms with E-state index in [1.807, 2.05) is 13.0 Å². The first-order valence-electron chi connectivity index (χ1n) is 4.00. The topological polar surface area (TPSA) is 74.5 Å². The highest BCUT2D eigenvalue weighted by molar-refractivity contribution is 7.99. The van der Waals surface area contributed by atoms with E-state index in [-0.39, 0.29) is 5.69 Å². The Morgan fingerprint density at radius 1 is 1.86 bits per heavy atom. The van der Waals surface area contributed by atoms with Crippen molar-refractivity contribution in [1.82, 2.24) is 14.8 Å². The molecule has 1 rings (SSSR count). The zero-order valence-electron chi connectivity index (χ0n) is 7.53. The van der Waals surface area contributed by atoms with Gasteiger partial charge in [-0.2, -0.15) is 5.26 Å². The molecule has 76 valence electrons. The molecule has 1 unspecified atom stereocenters. The van der Waals surface area contributed by atoms with Crippen LogP contribution in [0.4, 0.5) is 0 Å². The highest BCUT2D eigenvalue weighted by atomic mass is 35.5. The standard InChI is InChI=1S/C7H9ClN4OS/c1-2-12-6(13)10-11-7(12)14-4-5(8)3-9/h5H,2,4H2,1H3,(H,10,13). The molecule has 0 fully saturated rings. The van der Waals surface area contributed by atoms with Crippen molar-refractivity contribution in [2.75, 3.05) is 5.75 Å². The summed E-state index contributed by atoms with van der Waals surface area (Å²) in [6.07, 6.45) is 0. The normalized spacial score (nSPS) is 12.4. The van der Waals surface area contributed by atoms with E-state index in [4.69, 9.17) is 16.9 Å². The van der Waals surface area contributed by atoms with E-state index in [0.717, 1.165) is 0 Å². The van der Waals surface area contributed by atoms with Crippen molar-refractivity contribution in [3.8, 4) is 6.07 Å². The molecule has 0 aliphatic rings. The Balaban J connectivity index is 2.68. The maximum absolute atomic E-state index is 11.1. The van der Waals surface area contributed by atoms with Gasteiger partial charge in [-0.1, -0.05) is 11.8 Å². The molecule has 0 amide bonds. The van der Waals surface area contributed by atoms with Gasteiger partial charge in [-0.05, 0) is 6.92 Å². The molecule has 0 aliphatic heterocycles. The molecule has 1 aromatic heterocycles. The molecule has 1 atom stereocenters. The van der Waals surface area contributed by atoms with E-state index in [2.05, 4.69) is 10.2 Å². The SMILES string of the molecule is CCn1c(SCC(Cl)C#N)n[nH]c1=O. The number of thioether (sulfide) groups is 1. The summed E-state index contributed by atoms with van der Waals surface area (Å²) in [5.41, 5.74) is -0.238. The molecule has 14 heavy (non-hydrogen) atoms. The molecule has 1 N–H and O–H groups in total. The van der Waals surface area contributed by atoms with Crippen molar-refractivity contribution in [3.05, 3.63) is 10.5 Å². The predicted molar refractivity (Wildman–Crippen MR) is 54.5 cm³/mol. The lowest BCUT2D eigenvalue weighted by molar-refractivity contribution is 0.660. The predicted octanol–water partition coefficient (Wildman–Crippen LogP) is 0.814. The van der Waals surface area contributed by atoms with Crippen LogP contribution >= 0.6 is 23.4 Å². The van der Waals surface area contributed by atoms with Crippen LogP contribution in [0.5, 0.6) is 0 Å². The third-order valence-electron chi connectivity index (χ3n) is 1.54. The van der Waals surface area contributed by atoms with Gasteiger partial charge < -0.3 is 0 Å². The van der Waals surface area contributed by atoms with Crippen molar-refractivity contribution in [2.24, 2.45) is 0 Å². The fourth-order valence-electron chi connectivity index (χ4n) is 0.877. The fourth-order valence-corrected chi connectivity index (χ4v) is 1.91. The van der Waals surface area contributed by atoms with Gasteiger partial charge in [-0.3, -0.25) is 4.57 Å². The first-order valence-corrected chi connectivity index (χ1v) is 5.43. The first kappa shape index (κ1) is 11.1. The number of nitriles is 1. The molecule has 7 heteroatoms. The number of nitrogens with zero attached hydrogens (tertiary/aromatic N) is 3. The molecular weight excluding hydrogens is 224 g/mol.